The van der Waals surface area contributed by atoms with Crippen molar-refractivity contribution in [2.45, 2.75) is 13.8 Å². The molecule has 0 bridgehead atoms. The first-order valence-corrected chi connectivity index (χ1v) is 6.06. The van der Waals surface area contributed by atoms with Gasteiger partial charge in [-0.3, -0.25) is 9.59 Å². The number of halogens is 1. The van der Waals surface area contributed by atoms with E-state index in [0.717, 1.165) is 5.69 Å². The molecule has 0 saturated heterocycles. The third kappa shape index (κ3) is 8.58. The van der Waals surface area contributed by atoms with Gasteiger partial charge in [0.1, 0.15) is 0 Å². The van der Waals surface area contributed by atoms with Gasteiger partial charge in [0.25, 0.3) is 6.47 Å². The van der Waals surface area contributed by atoms with Crippen LogP contribution < -0.4 is 5.32 Å². The van der Waals surface area contributed by atoms with Gasteiger partial charge in [0.2, 0.25) is 0 Å². The lowest BCUT2D eigenvalue weighted by molar-refractivity contribution is -0.126. The summed E-state index contributed by atoms with van der Waals surface area (Å²) in [6.45, 7) is 4.38. The summed E-state index contributed by atoms with van der Waals surface area (Å²) in [6, 6.07) is 7.21. The van der Waals surface area contributed by atoms with Crippen molar-refractivity contribution in [3.63, 3.8) is 0 Å². The van der Waals surface area contributed by atoms with Gasteiger partial charge in [-0.2, -0.15) is 0 Å². The first-order chi connectivity index (χ1) is 8.69. The fourth-order valence-electron chi connectivity index (χ4n) is 0.900. The summed E-state index contributed by atoms with van der Waals surface area (Å²) < 4.78 is 3.86. The number of benzene rings is 1. The molecule has 0 saturated carbocycles. The molecule has 0 aliphatic carbocycles. The van der Waals surface area contributed by atoms with Gasteiger partial charge >= 0.3 is 0 Å². The van der Waals surface area contributed by atoms with E-state index >= 15 is 0 Å². The minimum atomic E-state index is -0.0423. The van der Waals surface area contributed by atoms with E-state index in [4.69, 9.17) is 16.4 Å². The minimum absolute atomic E-state index is 0.0406. The lowest BCUT2D eigenvalue weighted by Crippen LogP contribution is -1.99. The number of alkyl halides is 1. The molecule has 102 valence electrons. The molecular weight excluding hydrogens is 254 g/mol. The molecule has 1 N–H and O–H groups in total. The van der Waals surface area contributed by atoms with Crippen LogP contribution in [0.3, 0.4) is 0 Å². The zero-order chi connectivity index (χ0) is 14.4. The Morgan fingerprint density at radius 3 is 2.06 bits per heavy atom. The summed E-state index contributed by atoms with van der Waals surface area (Å²) in [7, 11) is 3.14. The van der Waals surface area contributed by atoms with Gasteiger partial charge < -0.3 is 10.1 Å². The maximum absolute atomic E-state index is 11.1. The van der Waals surface area contributed by atoms with Crippen LogP contribution in [0.1, 0.15) is 24.2 Å². The van der Waals surface area contributed by atoms with Crippen molar-refractivity contribution < 1.29 is 14.3 Å². The van der Waals surface area contributed by atoms with E-state index in [2.05, 4.69) is 10.1 Å². The van der Waals surface area contributed by atoms with Crippen LogP contribution in [0.15, 0.2) is 24.3 Å². The van der Waals surface area contributed by atoms with Crippen molar-refractivity contribution in [2.75, 3.05) is 25.4 Å². The Morgan fingerprint density at radius 2 is 1.78 bits per heavy atom. The van der Waals surface area contributed by atoms with Gasteiger partial charge in [0, 0.05) is 18.3 Å². The number of anilines is 1. The smallest absolute Gasteiger partial charge is 0.292 e. The van der Waals surface area contributed by atoms with E-state index < -0.39 is 0 Å². The number of carbonyl (C=O) groups is 2. The molecule has 5 heteroatoms. The molecule has 0 atom stereocenters. The van der Waals surface area contributed by atoms with Crippen molar-refractivity contribution in [3.05, 3.63) is 29.8 Å². The van der Waals surface area contributed by atoms with Gasteiger partial charge in [-0.25, -0.2) is 0 Å². The normalized spacial score (nSPS) is 7.83. The molecule has 0 aromatic heterocycles. The second-order valence-electron chi connectivity index (χ2n) is 2.72. The van der Waals surface area contributed by atoms with E-state index in [9.17, 15) is 4.79 Å². The zero-order valence-electron chi connectivity index (χ0n) is 11.2. The average Bonchev–Trinajstić information content (AvgIpc) is 2.48. The largest absolute Gasteiger partial charge is 0.471 e. The van der Waals surface area contributed by atoms with Crippen LogP contribution in [0.25, 0.3) is 0 Å². The van der Waals surface area contributed by atoms with E-state index in [1.54, 1.807) is 12.1 Å². The van der Waals surface area contributed by atoms with Crippen LogP contribution in [0.4, 0.5) is 5.69 Å². The van der Waals surface area contributed by atoms with E-state index in [1.807, 2.05) is 33.0 Å². The SMILES string of the molecule is CC.CNc1ccc(C(=O)CCl)cc1.COC=O. The van der Waals surface area contributed by atoms with Crippen LogP contribution in [-0.2, 0) is 9.53 Å². The highest BCUT2D eigenvalue weighted by atomic mass is 35.5. The molecule has 18 heavy (non-hydrogen) atoms. The predicted molar refractivity (Wildman–Crippen MR) is 75.5 cm³/mol. The second kappa shape index (κ2) is 13.5. The topological polar surface area (TPSA) is 55.4 Å². The van der Waals surface area contributed by atoms with Crippen molar-refractivity contribution in [1.29, 1.82) is 0 Å². The van der Waals surface area contributed by atoms with Gasteiger partial charge in [-0.15, -0.1) is 11.6 Å². The number of Topliss-reactive ketones (excluding diaryl/α,β-unsaturated/α-hetero) is 1. The number of nitrogens with one attached hydrogen (secondary N) is 1. The quantitative estimate of drug-likeness (QED) is 0.521. The third-order valence-electron chi connectivity index (χ3n) is 1.71. The first kappa shape index (κ1) is 18.8. The number of hydrogen-bond donors (Lipinski definition) is 1. The van der Waals surface area contributed by atoms with Gasteiger partial charge in [-0.1, -0.05) is 13.8 Å². The number of hydrogen-bond acceptors (Lipinski definition) is 4. The Bertz CT molecular complexity index is 326. The van der Waals surface area contributed by atoms with Crippen molar-refractivity contribution >= 4 is 29.5 Å². The molecule has 0 aliphatic rings. The van der Waals surface area contributed by atoms with E-state index in [-0.39, 0.29) is 11.7 Å². The highest BCUT2D eigenvalue weighted by Gasteiger charge is 2.01. The fraction of sp³-hybridized carbons (Fsp3) is 0.385. The zero-order valence-corrected chi connectivity index (χ0v) is 12.0. The summed E-state index contributed by atoms with van der Waals surface area (Å²) >= 11 is 5.40. The van der Waals surface area contributed by atoms with E-state index in [1.165, 1.54) is 7.11 Å². The molecule has 4 nitrogen and oxygen atoms in total. The van der Waals surface area contributed by atoms with Crippen LogP contribution >= 0.6 is 11.6 Å². The molecule has 0 heterocycles. The molecule has 0 spiro atoms. The highest BCUT2D eigenvalue weighted by Crippen LogP contribution is 2.09. The maximum Gasteiger partial charge on any atom is 0.292 e. The highest BCUT2D eigenvalue weighted by molar-refractivity contribution is 6.30. The molecule has 1 aromatic carbocycles. The summed E-state index contributed by atoms with van der Waals surface area (Å²) in [5.74, 6) is -0.00172. The number of ketones is 1. The molecule has 0 radical (unpaired) electrons. The predicted octanol–water partition coefficient (Wildman–Crippen LogP) is 2.97. The number of rotatable bonds is 4. The number of methoxy groups -OCH3 is 1. The summed E-state index contributed by atoms with van der Waals surface area (Å²) in [6.07, 6.45) is 0. The monoisotopic (exact) mass is 273 g/mol. The standard InChI is InChI=1S/C9H10ClNO.C2H4O2.C2H6/c1-11-8-4-2-7(3-5-8)9(12)6-10;1-4-2-3;1-2/h2-5,11H,6H2,1H3;2H,1H3;1-2H3. The lowest BCUT2D eigenvalue weighted by Gasteiger charge is -2.00. The van der Waals surface area contributed by atoms with E-state index in [0.29, 0.717) is 12.0 Å². The minimum Gasteiger partial charge on any atom is -0.471 e. The fourth-order valence-corrected chi connectivity index (χ4v) is 1.05. The van der Waals surface area contributed by atoms with Crippen LogP contribution in [-0.4, -0.2) is 32.3 Å². The molecule has 0 fully saturated rings. The molecule has 0 aliphatic heterocycles. The van der Waals surface area contributed by atoms with Crippen LogP contribution in [0.5, 0.6) is 0 Å². The summed E-state index contributed by atoms with van der Waals surface area (Å²) in [5.41, 5.74) is 1.64. The Labute approximate surface area is 113 Å². The molecule has 1 rings (SSSR count). The molecule has 0 amide bonds. The first-order valence-electron chi connectivity index (χ1n) is 5.53. The van der Waals surface area contributed by atoms with Crippen LogP contribution in [0, 0.1) is 0 Å². The molecular formula is C13H20ClNO3. The Kier molecular flexibility index (Phi) is 14.1. The van der Waals surface area contributed by atoms with Gasteiger partial charge in [0.15, 0.2) is 5.78 Å². The molecule has 0 unspecified atom stereocenters. The maximum atomic E-state index is 11.1. The summed E-state index contributed by atoms with van der Waals surface area (Å²) in [5, 5.41) is 2.97. The van der Waals surface area contributed by atoms with Gasteiger partial charge in [0.05, 0.1) is 13.0 Å². The second-order valence-corrected chi connectivity index (χ2v) is 2.98. The van der Waals surface area contributed by atoms with Crippen molar-refractivity contribution in [1.82, 2.24) is 0 Å². The number of ether oxygens (including phenoxy) is 1. The lowest BCUT2D eigenvalue weighted by atomic mass is 10.1. The molecule has 1 aromatic rings. The van der Waals surface area contributed by atoms with Crippen molar-refractivity contribution in [3.8, 4) is 0 Å². The van der Waals surface area contributed by atoms with Crippen molar-refractivity contribution in [2.24, 2.45) is 0 Å². The summed E-state index contributed by atoms with van der Waals surface area (Å²) in [4.78, 5) is 20.0. The Hall–Kier alpha value is -1.55. The van der Waals surface area contributed by atoms with Crippen LogP contribution in [0.2, 0.25) is 0 Å². The number of carbonyl (C=O) groups excluding carboxylic acids is 2. The Morgan fingerprint density at radius 1 is 1.33 bits per heavy atom. The van der Waals surface area contributed by atoms with Gasteiger partial charge in [-0.05, 0) is 24.3 Å². The average molecular weight is 274 g/mol. The Balaban J connectivity index is 0. The third-order valence-corrected chi connectivity index (χ3v) is 1.96.